The predicted molar refractivity (Wildman–Crippen MR) is 79.9 cm³/mol. The summed E-state index contributed by atoms with van der Waals surface area (Å²) in [5.74, 6) is 0.737. The minimum atomic E-state index is -0.178. The van der Waals surface area contributed by atoms with E-state index in [1.54, 1.807) is 23.7 Å². The molecule has 0 spiro atoms. The summed E-state index contributed by atoms with van der Waals surface area (Å²) in [6.07, 6.45) is 2.02. The van der Waals surface area contributed by atoms with Gasteiger partial charge in [0.1, 0.15) is 11.5 Å². The third kappa shape index (κ3) is 3.77. The summed E-state index contributed by atoms with van der Waals surface area (Å²) in [7, 11) is 1.72. The molecule has 0 unspecified atom stereocenters. The molecular weight excluding hydrogens is 274 g/mol. The smallest absolute Gasteiger partial charge is 0.321 e. The van der Waals surface area contributed by atoms with Gasteiger partial charge in [0.15, 0.2) is 0 Å². The monoisotopic (exact) mass is 291 g/mol. The van der Waals surface area contributed by atoms with Crippen LogP contribution in [-0.2, 0) is 6.54 Å². The highest BCUT2D eigenvalue weighted by atomic mass is 32.2. The maximum absolute atomic E-state index is 12.0. The van der Waals surface area contributed by atoms with Gasteiger partial charge in [0.25, 0.3) is 0 Å². The fraction of sp³-hybridized carbons (Fsp3) is 0.286. The van der Waals surface area contributed by atoms with Crippen LogP contribution in [0, 0.1) is 6.92 Å². The van der Waals surface area contributed by atoms with E-state index in [1.165, 1.54) is 0 Å². The molecule has 0 atom stereocenters. The molecule has 20 heavy (non-hydrogen) atoms. The number of anilines is 1. The summed E-state index contributed by atoms with van der Waals surface area (Å²) >= 11 is 1.66. The Morgan fingerprint density at radius 1 is 1.40 bits per heavy atom. The third-order valence-corrected chi connectivity index (χ3v) is 3.51. The molecule has 106 valence electrons. The van der Waals surface area contributed by atoms with Crippen LogP contribution in [0.3, 0.4) is 0 Å². The van der Waals surface area contributed by atoms with Crippen LogP contribution in [-0.4, -0.2) is 29.4 Å². The number of hydrogen-bond donors (Lipinski definition) is 1. The number of carbonyl (C=O) groups is 1. The van der Waals surface area contributed by atoms with E-state index < -0.39 is 0 Å². The lowest BCUT2D eigenvalue weighted by Gasteiger charge is -2.16. The Labute approximate surface area is 122 Å². The molecule has 5 nitrogen and oxygen atoms in total. The summed E-state index contributed by atoms with van der Waals surface area (Å²) in [4.78, 5) is 14.7. The van der Waals surface area contributed by atoms with Crippen LogP contribution < -0.4 is 5.32 Å². The molecular formula is C14H17N3O2S. The van der Waals surface area contributed by atoms with Gasteiger partial charge in [-0.3, -0.25) is 0 Å². The average molecular weight is 291 g/mol. The maximum Gasteiger partial charge on any atom is 0.321 e. The van der Waals surface area contributed by atoms with Crippen molar-refractivity contribution in [3.63, 3.8) is 0 Å². The number of aromatic nitrogens is 1. The second-order valence-corrected chi connectivity index (χ2v) is 5.32. The minimum Gasteiger partial charge on any atom is -0.361 e. The lowest BCUT2D eigenvalue weighted by Crippen LogP contribution is -2.30. The van der Waals surface area contributed by atoms with Crippen molar-refractivity contribution in [2.45, 2.75) is 18.4 Å². The quantitative estimate of drug-likeness (QED) is 0.877. The average Bonchev–Trinajstić information content (AvgIpc) is 2.85. The van der Waals surface area contributed by atoms with E-state index >= 15 is 0 Å². The molecule has 1 heterocycles. The number of carbonyl (C=O) groups excluding carboxylic acids is 1. The van der Waals surface area contributed by atoms with Crippen molar-refractivity contribution in [1.82, 2.24) is 10.1 Å². The third-order valence-electron chi connectivity index (χ3n) is 2.76. The first-order valence-corrected chi connectivity index (χ1v) is 7.39. The Balaban J connectivity index is 1.93. The summed E-state index contributed by atoms with van der Waals surface area (Å²) in [6.45, 7) is 2.23. The Kier molecular flexibility index (Phi) is 4.68. The zero-order valence-corrected chi connectivity index (χ0v) is 12.5. The van der Waals surface area contributed by atoms with Crippen molar-refractivity contribution >= 4 is 23.5 Å². The van der Waals surface area contributed by atoms with Crippen LogP contribution in [0.25, 0.3) is 0 Å². The number of urea groups is 1. The van der Waals surface area contributed by atoms with Crippen molar-refractivity contribution < 1.29 is 9.32 Å². The topological polar surface area (TPSA) is 58.4 Å². The highest BCUT2D eigenvalue weighted by Crippen LogP contribution is 2.17. The van der Waals surface area contributed by atoms with E-state index in [4.69, 9.17) is 4.52 Å². The number of amides is 2. The summed E-state index contributed by atoms with van der Waals surface area (Å²) < 4.78 is 4.98. The number of aryl methyl sites for hydroxylation is 1. The number of hydrogen-bond acceptors (Lipinski definition) is 4. The number of thioether (sulfide) groups is 1. The van der Waals surface area contributed by atoms with Crippen molar-refractivity contribution in [2.75, 3.05) is 18.6 Å². The lowest BCUT2D eigenvalue weighted by molar-refractivity contribution is 0.219. The Morgan fingerprint density at radius 2 is 2.10 bits per heavy atom. The first kappa shape index (κ1) is 14.5. The van der Waals surface area contributed by atoms with Crippen LogP contribution in [0.15, 0.2) is 39.8 Å². The van der Waals surface area contributed by atoms with Crippen LogP contribution in [0.1, 0.15) is 11.5 Å². The normalized spacial score (nSPS) is 10.3. The molecule has 2 amide bonds. The highest BCUT2D eigenvalue weighted by molar-refractivity contribution is 7.98. The van der Waals surface area contributed by atoms with Gasteiger partial charge in [0.05, 0.1) is 6.54 Å². The van der Waals surface area contributed by atoms with Crippen LogP contribution >= 0.6 is 11.8 Å². The van der Waals surface area contributed by atoms with E-state index in [1.807, 2.05) is 43.5 Å². The van der Waals surface area contributed by atoms with E-state index in [9.17, 15) is 4.79 Å². The number of rotatable bonds is 4. The van der Waals surface area contributed by atoms with Crippen LogP contribution in [0.2, 0.25) is 0 Å². The molecule has 1 aromatic carbocycles. The van der Waals surface area contributed by atoms with Crippen LogP contribution in [0.5, 0.6) is 0 Å². The summed E-state index contributed by atoms with van der Waals surface area (Å²) in [5.41, 5.74) is 1.51. The van der Waals surface area contributed by atoms with E-state index in [0.717, 1.165) is 22.0 Å². The molecule has 2 aromatic rings. The molecule has 0 saturated carbocycles. The second kappa shape index (κ2) is 6.47. The largest absolute Gasteiger partial charge is 0.361 e. The van der Waals surface area contributed by atoms with E-state index in [2.05, 4.69) is 10.5 Å². The SMILES string of the molecule is CSc1ccc(NC(=O)N(C)Cc2cc(C)on2)cc1. The van der Waals surface area contributed by atoms with Crippen LogP contribution in [0.4, 0.5) is 10.5 Å². The van der Waals surface area contributed by atoms with Gasteiger partial charge < -0.3 is 14.7 Å². The maximum atomic E-state index is 12.0. The van der Waals surface area contributed by atoms with Crippen molar-refractivity contribution in [3.8, 4) is 0 Å². The molecule has 0 radical (unpaired) electrons. The molecule has 2 rings (SSSR count). The predicted octanol–water partition coefficient (Wildman–Crippen LogP) is 3.37. The molecule has 0 bridgehead atoms. The molecule has 1 aromatic heterocycles. The van der Waals surface area contributed by atoms with Gasteiger partial charge >= 0.3 is 6.03 Å². The van der Waals surface area contributed by atoms with Gasteiger partial charge in [-0.1, -0.05) is 5.16 Å². The van der Waals surface area contributed by atoms with Gasteiger partial charge in [0, 0.05) is 23.7 Å². The van der Waals surface area contributed by atoms with Gasteiger partial charge in [0.2, 0.25) is 0 Å². The fourth-order valence-electron chi connectivity index (χ4n) is 1.70. The molecule has 0 fully saturated rings. The van der Waals surface area contributed by atoms with E-state index in [0.29, 0.717) is 6.54 Å². The molecule has 1 N–H and O–H groups in total. The Morgan fingerprint density at radius 3 is 2.65 bits per heavy atom. The number of nitrogens with zero attached hydrogens (tertiary/aromatic N) is 2. The fourth-order valence-corrected chi connectivity index (χ4v) is 2.11. The van der Waals surface area contributed by atoms with Gasteiger partial charge in [-0.25, -0.2) is 4.79 Å². The zero-order chi connectivity index (χ0) is 14.5. The number of benzene rings is 1. The van der Waals surface area contributed by atoms with Crippen molar-refractivity contribution in [3.05, 3.63) is 41.8 Å². The first-order chi connectivity index (χ1) is 9.58. The number of nitrogens with one attached hydrogen (secondary N) is 1. The highest BCUT2D eigenvalue weighted by Gasteiger charge is 2.11. The molecule has 0 aliphatic rings. The van der Waals surface area contributed by atoms with Gasteiger partial charge in [-0.2, -0.15) is 0 Å². The van der Waals surface area contributed by atoms with Gasteiger partial charge in [-0.05, 0) is 37.4 Å². The first-order valence-electron chi connectivity index (χ1n) is 6.17. The van der Waals surface area contributed by atoms with E-state index in [-0.39, 0.29) is 6.03 Å². The summed E-state index contributed by atoms with van der Waals surface area (Å²) in [6, 6.07) is 9.36. The zero-order valence-electron chi connectivity index (χ0n) is 11.7. The van der Waals surface area contributed by atoms with Crippen molar-refractivity contribution in [2.24, 2.45) is 0 Å². The van der Waals surface area contributed by atoms with Gasteiger partial charge in [-0.15, -0.1) is 11.8 Å². The molecule has 0 saturated heterocycles. The minimum absolute atomic E-state index is 0.178. The summed E-state index contributed by atoms with van der Waals surface area (Å²) in [5, 5.41) is 6.71. The molecule has 0 aliphatic heterocycles. The second-order valence-electron chi connectivity index (χ2n) is 4.44. The van der Waals surface area contributed by atoms with Crippen molar-refractivity contribution in [1.29, 1.82) is 0 Å². The lowest BCUT2D eigenvalue weighted by atomic mass is 10.3. The standard InChI is InChI=1S/C14H17N3O2S/c1-10-8-12(16-19-10)9-17(2)14(18)15-11-4-6-13(20-3)7-5-11/h4-8H,9H2,1-3H3,(H,15,18). The molecule has 6 heteroatoms. The molecule has 0 aliphatic carbocycles. The Hall–Kier alpha value is -1.95. The Bertz CT molecular complexity index is 580.